The lowest BCUT2D eigenvalue weighted by Gasteiger charge is -2.26. The molecule has 2 nitrogen and oxygen atoms in total. The van der Waals surface area contributed by atoms with Crippen molar-refractivity contribution in [1.29, 1.82) is 0 Å². The van der Waals surface area contributed by atoms with E-state index in [9.17, 15) is 0 Å². The molecule has 0 spiro atoms. The average Bonchev–Trinajstić information content (AvgIpc) is 2.78. The van der Waals surface area contributed by atoms with Crippen molar-refractivity contribution < 1.29 is 0 Å². The van der Waals surface area contributed by atoms with Gasteiger partial charge in [0, 0.05) is 23.9 Å². The first kappa shape index (κ1) is 14.5. The Morgan fingerprint density at radius 1 is 1.21 bits per heavy atom. The fraction of sp³-hybridized carbons (Fsp3) is 0.706. The molecule has 2 atom stereocenters. The molecule has 1 N–H and O–H groups in total. The maximum absolute atomic E-state index is 4.55. The third kappa shape index (κ3) is 2.31. The second-order valence-electron chi connectivity index (χ2n) is 7.05. The fourth-order valence-corrected chi connectivity index (χ4v) is 3.79. The Morgan fingerprint density at radius 3 is 2.26 bits per heavy atom. The van der Waals surface area contributed by atoms with Gasteiger partial charge in [0.1, 0.15) is 0 Å². The quantitative estimate of drug-likeness (QED) is 0.870. The van der Waals surface area contributed by atoms with E-state index in [-0.39, 0.29) is 0 Å². The maximum atomic E-state index is 4.55. The molecule has 2 unspecified atom stereocenters. The lowest BCUT2D eigenvalue weighted by molar-refractivity contribution is 0.356. The molecule has 1 aromatic heterocycles. The molecule has 0 bridgehead atoms. The van der Waals surface area contributed by atoms with Crippen LogP contribution in [-0.4, -0.2) is 17.6 Å². The highest BCUT2D eigenvalue weighted by Gasteiger charge is 2.67. The smallest absolute Gasteiger partial charge is 0.0447 e. The Hall–Kier alpha value is -0.890. The summed E-state index contributed by atoms with van der Waals surface area (Å²) in [5, 5.41) is 3.71. The van der Waals surface area contributed by atoms with E-state index in [4.69, 9.17) is 0 Å². The van der Waals surface area contributed by atoms with Gasteiger partial charge in [-0.15, -0.1) is 0 Å². The summed E-state index contributed by atoms with van der Waals surface area (Å²) in [6.07, 6.45) is 1.90. The maximum Gasteiger partial charge on any atom is 0.0447 e. The summed E-state index contributed by atoms with van der Waals surface area (Å²) in [5.41, 5.74) is 2.01. The van der Waals surface area contributed by atoms with Crippen LogP contribution >= 0.6 is 0 Å². The first-order valence-corrected chi connectivity index (χ1v) is 7.48. The highest BCUT2D eigenvalue weighted by Crippen LogP contribution is 2.70. The van der Waals surface area contributed by atoms with Crippen molar-refractivity contribution in [1.82, 2.24) is 10.3 Å². The van der Waals surface area contributed by atoms with E-state index < -0.39 is 0 Å². The summed E-state index contributed by atoms with van der Waals surface area (Å²) in [5.74, 6) is 1.16. The lowest BCUT2D eigenvalue weighted by atomic mass is 9.89. The van der Waals surface area contributed by atoms with Gasteiger partial charge in [0.25, 0.3) is 0 Å². The molecule has 2 heteroatoms. The van der Waals surface area contributed by atoms with Crippen LogP contribution in [0.15, 0.2) is 24.4 Å². The predicted molar refractivity (Wildman–Crippen MR) is 81.2 cm³/mol. The van der Waals surface area contributed by atoms with Crippen LogP contribution in [0.1, 0.15) is 53.2 Å². The molecule has 1 heterocycles. The minimum Gasteiger partial charge on any atom is -0.313 e. The number of aromatic nitrogens is 1. The van der Waals surface area contributed by atoms with Gasteiger partial charge in [-0.1, -0.05) is 47.6 Å². The number of pyridine rings is 1. The molecule has 1 aliphatic rings. The molecule has 1 saturated carbocycles. The number of hydrogen-bond acceptors (Lipinski definition) is 2. The van der Waals surface area contributed by atoms with Crippen molar-refractivity contribution in [2.24, 2.45) is 16.7 Å². The Morgan fingerprint density at radius 2 is 1.84 bits per heavy atom. The molecule has 0 radical (unpaired) electrons. The molecule has 0 aliphatic heterocycles. The Balaban J connectivity index is 2.23. The van der Waals surface area contributed by atoms with Gasteiger partial charge in [-0.3, -0.25) is 4.98 Å². The zero-order chi connectivity index (χ0) is 14.3. The van der Waals surface area contributed by atoms with Crippen molar-refractivity contribution >= 4 is 0 Å². The second-order valence-corrected chi connectivity index (χ2v) is 7.05. The second kappa shape index (κ2) is 4.90. The van der Waals surface area contributed by atoms with Gasteiger partial charge in [0.05, 0.1) is 0 Å². The Labute approximate surface area is 118 Å². The van der Waals surface area contributed by atoms with Gasteiger partial charge in [-0.05, 0) is 35.4 Å². The van der Waals surface area contributed by atoms with Crippen LogP contribution in [0.4, 0.5) is 0 Å². The SMILES string of the molecule is CCNC(C(C)c1ccccn1)C1C(C)(C)C1(C)C. The largest absolute Gasteiger partial charge is 0.313 e. The molecule has 1 fully saturated rings. The number of rotatable bonds is 5. The van der Waals surface area contributed by atoms with Crippen molar-refractivity contribution in [3.8, 4) is 0 Å². The molecule has 0 saturated heterocycles. The van der Waals surface area contributed by atoms with Gasteiger partial charge >= 0.3 is 0 Å². The van der Waals surface area contributed by atoms with Crippen LogP contribution in [0, 0.1) is 16.7 Å². The van der Waals surface area contributed by atoms with E-state index in [0.717, 1.165) is 6.54 Å². The summed E-state index contributed by atoms with van der Waals surface area (Å²) in [6.45, 7) is 15.1. The van der Waals surface area contributed by atoms with Crippen molar-refractivity contribution in [2.75, 3.05) is 6.54 Å². The average molecular weight is 260 g/mol. The molecule has 19 heavy (non-hydrogen) atoms. The summed E-state index contributed by atoms with van der Waals surface area (Å²) in [4.78, 5) is 4.55. The van der Waals surface area contributed by atoms with E-state index in [2.05, 4.69) is 64.0 Å². The van der Waals surface area contributed by atoms with E-state index in [0.29, 0.717) is 28.7 Å². The topological polar surface area (TPSA) is 24.9 Å². The molecule has 1 aliphatic carbocycles. The normalized spacial score (nSPS) is 23.9. The zero-order valence-electron chi connectivity index (χ0n) is 13.2. The number of nitrogens with zero attached hydrogens (tertiary/aromatic N) is 1. The van der Waals surface area contributed by atoms with Gasteiger partial charge < -0.3 is 5.32 Å². The minimum absolute atomic E-state index is 0.406. The van der Waals surface area contributed by atoms with Crippen LogP contribution in [0.3, 0.4) is 0 Å². The Bertz CT molecular complexity index is 408. The number of likely N-dealkylation sites (N-methyl/N-ethyl adjacent to an activating group) is 1. The van der Waals surface area contributed by atoms with Gasteiger partial charge in [0.15, 0.2) is 0 Å². The van der Waals surface area contributed by atoms with Gasteiger partial charge in [-0.25, -0.2) is 0 Å². The third-order valence-electron chi connectivity index (χ3n) is 5.62. The standard InChI is InChI=1S/C17H28N2/c1-7-18-14(15-16(3,4)17(15,5)6)12(2)13-10-8-9-11-19-13/h8-12,14-15,18H,7H2,1-6H3. The molecule has 1 aromatic rings. The van der Waals surface area contributed by atoms with E-state index in [1.807, 2.05) is 12.3 Å². The van der Waals surface area contributed by atoms with Gasteiger partial charge in [0.2, 0.25) is 0 Å². The van der Waals surface area contributed by atoms with Crippen LogP contribution in [0.2, 0.25) is 0 Å². The summed E-state index contributed by atoms with van der Waals surface area (Å²) >= 11 is 0. The highest BCUT2D eigenvalue weighted by molar-refractivity contribution is 5.21. The first-order valence-electron chi connectivity index (χ1n) is 7.48. The van der Waals surface area contributed by atoms with E-state index in [1.54, 1.807) is 0 Å². The van der Waals surface area contributed by atoms with Crippen molar-refractivity contribution in [2.45, 2.75) is 53.5 Å². The number of nitrogens with one attached hydrogen (secondary N) is 1. The number of hydrogen-bond donors (Lipinski definition) is 1. The van der Waals surface area contributed by atoms with Crippen molar-refractivity contribution in [3.63, 3.8) is 0 Å². The zero-order valence-corrected chi connectivity index (χ0v) is 13.2. The monoisotopic (exact) mass is 260 g/mol. The molecule has 2 rings (SSSR count). The first-order chi connectivity index (χ1) is 8.84. The van der Waals surface area contributed by atoms with E-state index >= 15 is 0 Å². The van der Waals surface area contributed by atoms with Crippen molar-refractivity contribution in [3.05, 3.63) is 30.1 Å². The van der Waals surface area contributed by atoms with Crippen LogP contribution in [0.25, 0.3) is 0 Å². The van der Waals surface area contributed by atoms with Crippen LogP contribution < -0.4 is 5.32 Å². The molecular weight excluding hydrogens is 232 g/mol. The molecule has 0 aromatic carbocycles. The molecule has 0 amide bonds. The summed E-state index contributed by atoms with van der Waals surface area (Å²) < 4.78 is 0. The summed E-state index contributed by atoms with van der Waals surface area (Å²) in [6, 6.07) is 6.73. The molecule has 106 valence electrons. The summed E-state index contributed by atoms with van der Waals surface area (Å²) in [7, 11) is 0. The predicted octanol–water partition coefficient (Wildman–Crippen LogP) is 3.85. The van der Waals surface area contributed by atoms with E-state index in [1.165, 1.54) is 5.69 Å². The Kier molecular flexibility index (Phi) is 3.74. The van der Waals surface area contributed by atoms with Gasteiger partial charge in [-0.2, -0.15) is 0 Å². The molecular formula is C17H28N2. The minimum atomic E-state index is 0.406. The fourth-order valence-electron chi connectivity index (χ4n) is 3.79. The third-order valence-corrected chi connectivity index (χ3v) is 5.62. The van der Waals surface area contributed by atoms with Crippen LogP contribution in [-0.2, 0) is 0 Å². The lowest BCUT2D eigenvalue weighted by Crippen LogP contribution is -2.38. The van der Waals surface area contributed by atoms with Crippen LogP contribution in [0.5, 0.6) is 0 Å². The highest BCUT2D eigenvalue weighted by atomic mass is 15.0.